The first-order valence-electron chi connectivity index (χ1n) is 9.87. The Hall–Kier alpha value is -2.69. The molecule has 1 N–H and O–H groups in total. The standard InChI is InChI=1S/C24H27N3O/c1-26(22-8-3-2-4-9-22)23-12-10-19(11-13-23)16-27-17-20(24(28)18-27)15-21-7-5-6-14-25-21/h2-14,20,24,28H,15-18H2,1H3/t20-,24-/m1/s1. The lowest BCUT2D eigenvalue weighted by atomic mass is 10.00. The molecule has 1 aliphatic rings. The van der Waals surface area contributed by atoms with Crippen molar-refractivity contribution in [2.75, 3.05) is 25.0 Å². The van der Waals surface area contributed by atoms with Crippen molar-refractivity contribution in [3.8, 4) is 0 Å². The van der Waals surface area contributed by atoms with Crippen LogP contribution in [0.3, 0.4) is 0 Å². The van der Waals surface area contributed by atoms with Gasteiger partial charge in [-0.05, 0) is 48.4 Å². The number of hydrogen-bond acceptors (Lipinski definition) is 4. The number of aliphatic hydroxyl groups excluding tert-OH is 1. The topological polar surface area (TPSA) is 39.6 Å². The number of aromatic nitrogens is 1. The highest BCUT2D eigenvalue weighted by atomic mass is 16.3. The summed E-state index contributed by atoms with van der Waals surface area (Å²) < 4.78 is 0. The Labute approximate surface area is 167 Å². The summed E-state index contributed by atoms with van der Waals surface area (Å²) in [5.74, 6) is 0.249. The van der Waals surface area contributed by atoms with Crippen LogP contribution in [0.25, 0.3) is 0 Å². The molecule has 0 amide bonds. The largest absolute Gasteiger partial charge is 0.391 e. The molecule has 2 heterocycles. The average molecular weight is 374 g/mol. The van der Waals surface area contributed by atoms with Crippen molar-refractivity contribution in [3.63, 3.8) is 0 Å². The van der Waals surface area contributed by atoms with Crippen LogP contribution in [0.4, 0.5) is 11.4 Å². The van der Waals surface area contributed by atoms with Crippen molar-refractivity contribution in [2.24, 2.45) is 5.92 Å². The zero-order chi connectivity index (χ0) is 19.3. The van der Waals surface area contributed by atoms with Gasteiger partial charge < -0.3 is 10.0 Å². The van der Waals surface area contributed by atoms with Crippen LogP contribution in [-0.4, -0.2) is 41.2 Å². The summed E-state index contributed by atoms with van der Waals surface area (Å²) in [5.41, 5.74) is 4.68. The predicted molar refractivity (Wildman–Crippen MR) is 114 cm³/mol. The number of rotatable bonds is 6. The third-order valence-electron chi connectivity index (χ3n) is 5.55. The molecule has 1 fully saturated rings. The van der Waals surface area contributed by atoms with Gasteiger partial charge in [0.1, 0.15) is 0 Å². The zero-order valence-electron chi connectivity index (χ0n) is 16.3. The van der Waals surface area contributed by atoms with E-state index in [1.807, 2.05) is 30.5 Å². The number of hydrogen-bond donors (Lipinski definition) is 1. The second kappa shape index (κ2) is 8.55. The highest BCUT2D eigenvalue weighted by Crippen LogP contribution is 2.25. The van der Waals surface area contributed by atoms with Gasteiger partial charge in [0.05, 0.1) is 6.10 Å². The maximum absolute atomic E-state index is 10.5. The van der Waals surface area contributed by atoms with E-state index in [9.17, 15) is 5.11 Å². The molecular formula is C24H27N3O. The van der Waals surface area contributed by atoms with Gasteiger partial charge in [-0.15, -0.1) is 0 Å². The molecule has 2 atom stereocenters. The van der Waals surface area contributed by atoms with Gasteiger partial charge in [0.25, 0.3) is 0 Å². The number of nitrogens with zero attached hydrogens (tertiary/aromatic N) is 3. The summed E-state index contributed by atoms with van der Waals surface area (Å²) in [7, 11) is 2.09. The molecule has 1 aliphatic heterocycles. The smallest absolute Gasteiger partial charge is 0.0711 e. The highest BCUT2D eigenvalue weighted by molar-refractivity contribution is 5.62. The Kier molecular flexibility index (Phi) is 5.70. The van der Waals surface area contributed by atoms with Gasteiger partial charge in [-0.25, -0.2) is 0 Å². The van der Waals surface area contributed by atoms with E-state index in [1.165, 1.54) is 16.9 Å². The molecule has 0 aliphatic carbocycles. The first kappa shape index (κ1) is 18.7. The monoisotopic (exact) mass is 373 g/mol. The molecule has 4 nitrogen and oxygen atoms in total. The summed E-state index contributed by atoms with van der Waals surface area (Å²) in [6.45, 7) is 2.50. The highest BCUT2D eigenvalue weighted by Gasteiger charge is 2.31. The Balaban J connectivity index is 1.36. The number of pyridine rings is 1. The zero-order valence-corrected chi connectivity index (χ0v) is 16.3. The predicted octanol–water partition coefficient (Wildman–Crippen LogP) is 3.88. The van der Waals surface area contributed by atoms with Crippen molar-refractivity contribution < 1.29 is 5.11 Å². The first-order chi connectivity index (χ1) is 13.7. The average Bonchev–Trinajstić information content (AvgIpc) is 3.08. The fourth-order valence-corrected chi connectivity index (χ4v) is 3.94. The molecule has 4 rings (SSSR count). The van der Waals surface area contributed by atoms with Gasteiger partial charge in [0, 0.05) is 55.9 Å². The normalized spacial score (nSPS) is 19.6. The van der Waals surface area contributed by atoms with Gasteiger partial charge in [0.15, 0.2) is 0 Å². The van der Waals surface area contributed by atoms with Crippen LogP contribution in [0, 0.1) is 5.92 Å². The molecule has 144 valence electrons. The van der Waals surface area contributed by atoms with E-state index < -0.39 is 0 Å². The summed E-state index contributed by atoms with van der Waals surface area (Å²) in [6.07, 6.45) is 2.37. The third-order valence-corrected chi connectivity index (χ3v) is 5.55. The second-order valence-electron chi connectivity index (χ2n) is 7.61. The number of aliphatic hydroxyl groups is 1. The lowest BCUT2D eigenvalue weighted by molar-refractivity contribution is 0.140. The molecule has 28 heavy (non-hydrogen) atoms. The quantitative estimate of drug-likeness (QED) is 0.712. The van der Waals surface area contributed by atoms with Gasteiger partial charge in [-0.2, -0.15) is 0 Å². The van der Waals surface area contributed by atoms with Crippen molar-refractivity contribution in [1.29, 1.82) is 0 Å². The van der Waals surface area contributed by atoms with E-state index in [-0.39, 0.29) is 12.0 Å². The number of likely N-dealkylation sites (tertiary alicyclic amines) is 1. The van der Waals surface area contributed by atoms with Crippen LogP contribution < -0.4 is 4.90 Å². The molecule has 1 aromatic heterocycles. The molecule has 0 radical (unpaired) electrons. The van der Waals surface area contributed by atoms with Crippen molar-refractivity contribution in [1.82, 2.24) is 9.88 Å². The molecule has 0 unspecified atom stereocenters. The SMILES string of the molecule is CN(c1ccccc1)c1ccc(CN2C[C@@H](Cc3ccccn3)[C@H](O)C2)cc1. The summed E-state index contributed by atoms with van der Waals surface area (Å²) in [4.78, 5) is 8.93. The fourth-order valence-electron chi connectivity index (χ4n) is 3.94. The Morgan fingerprint density at radius 3 is 2.36 bits per heavy atom. The molecule has 0 spiro atoms. The van der Waals surface area contributed by atoms with Gasteiger partial charge in [0.2, 0.25) is 0 Å². The Morgan fingerprint density at radius 1 is 0.929 bits per heavy atom. The fraction of sp³-hybridized carbons (Fsp3) is 0.292. The number of benzene rings is 2. The molecule has 4 heteroatoms. The number of β-amino-alcohol motifs (C(OH)–C–C–N with tert-alkyl or cyclic N) is 1. The lowest BCUT2D eigenvalue weighted by Gasteiger charge is -2.20. The molecule has 0 bridgehead atoms. The van der Waals surface area contributed by atoms with Crippen LogP contribution in [0.2, 0.25) is 0 Å². The van der Waals surface area contributed by atoms with Crippen LogP contribution >= 0.6 is 0 Å². The van der Waals surface area contributed by atoms with E-state index in [0.717, 1.165) is 31.7 Å². The van der Waals surface area contributed by atoms with E-state index in [0.29, 0.717) is 0 Å². The maximum atomic E-state index is 10.5. The summed E-state index contributed by atoms with van der Waals surface area (Å²) >= 11 is 0. The van der Waals surface area contributed by atoms with E-state index in [1.54, 1.807) is 0 Å². The summed E-state index contributed by atoms with van der Waals surface area (Å²) in [5, 5.41) is 10.5. The van der Waals surface area contributed by atoms with Crippen LogP contribution in [-0.2, 0) is 13.0 Å². The lowest BCUT2D eigenvalue weighted by Crippen LogP contribution is -2.21. The summed E-state index contributed by atoms with van der Waals surface area (Å²) in [6, 6.07) is 25.1. The van der Waals surface area contributed by atoms with Gasteiger partial charge in [-0.1, -0.05) is 36.4 Å². The van der Waals surface area contributed by atoms with Gasteiger partial charge in [-0.3, -0.25) is 9.88 Å². The first-order valence-corrected chi connectivity index (χ1v) is 9.87. The Morgan fingerprint density at radius 2 is 1.64 bits per heavy atom. The van der Waals surface area contributed by atoms with E-state index in [4.69, 9.17) is 0 Å². The minimum absolute atomic E-state index is 0.249. The van der Waals surface area contributed by atoms with Crippen LogP contribution in [0.5, 0.6) is 0 Å². The van der Waals surface area contributed by atoms with E-state index >= 15 is 0 Å². The Bertz CT molecular complexity index is 867. The van der Waals surface area contributed by atoms with E-state index in [2.05, 4.69) is 70.4 Å². The van der Waals surface area contributed by atoms with Crippen LogP contribution in [0.15, 0.2) is 79.0 Å². The molecule has 3 aromatic rings. The molecular weight excluding hydrogens is 346 g/mol. The maximum Gasteiger partial charge on any atom is 0.0711 e. The second-order valence-corrected chi connectivity index (χ2v) is 7.61. The van der Waals surface area contributed by atoms with Crippen molar-refractivity contribution >= 4 is 11.4 Å². The number of para-hydroxylation sites is 1. The van der Waals surface area contributed by atoms with Crippen LogP contribution in [0.1, 0.15) is 11.3 Å². The number of anilines is 2. The third kappa shape index (κ3) is 4.41. The van der Waals surface area contributed by atoms with Gasteiger partial charge >= 0.3 is 0 Å². The minimum atomic E-state index is -0.287. The van der Waals surface area contributed by atoms with Crippen molar-refractivity contribution in [2.45, 2.75) is 19.1 Å². The minimum Gasteiger partial charge on any atom is -0.391 e. The molecule has 0 saturated carbocycles. The van der Waals surface area contributed by atoms with Crippen molar-refractivity contribution in [3.05, 3.63) is 90.3 Å². The molecule has 1 saturated heterocycles. The molecule has 2 aromatic carbocycles.